The summed E-state index contributed by atoms with van der Waals surface area (Å²) in [7, 11) is -1.59. The lowest BCUT2D eigenvalue weighted by Gasteiger charge is -2.16. The van der Waals surface area contributed by atoms with E-state index in [9.17, 15) is 13.2 Å². The number of hydrogen-bond donors (Lipinski definition) is 1. The van der Waals surface area contributed by atoms with Gasteiger partial charge < -0.3 is 4.90 Å². The smallest absolute Gasteiger partial charge is 0.237 e. The van der Waals surface area contributed by atoms with E-state index >= 15 is 0 Å². The number of carbonyl (C=O) groups excluding carboxylic acids is 1. The first-order valence-corrected chi connectivity index (χ1v) is 6.79. The van der Waals surface area contributed by atoms with Crippen molar-refractivity contribution < 1.29 is 13.2 Å². The highest BCUT2D eigenvalue weighted by atomic mass is 32.2. The van der Waals surface area contributed by atoms with Crippen molar-refractivity contribution in [3.8, 4) is 0 Å². The number of amides is 1. The van der Waals surface area contributed by atoms with Crippen molar-refractivity contribution in [3.05, 3.63) is 0 Å². The number of nitrogens with zero attached hydrogens (tertiary/aromatic N) is 1. The van der Waals surface area contributed by atoms with Crippen LogP contribution < -0.4 is 4.72 Å². The third kappa shape index (κ3) is 6.46. The van der Waals surface area contributed by atoms with Crippen LogP contribution in [0.15, 0.2) is 0 Å². The van der Waals surface area contributed by atoms with Crippen LogP contribution in [-0.2, 0) is 14.8 Å². The Morgan fingerprint density at radius 1 is 1.33 bits per heavy atom. The van der Waals surface area contributed by atoms with Gasteiger partial charge in [-0.2, -0.15) is 0 Å². The number of unbranched alkanes of at least 4 members (excludes halogenated alkanes) is 1. The molecule has 0 aromatic heterocycles. The van der Waals surface area contributed by atoms with Gasteiger partial charge in [-0.3, -0.25) is 4.79 Å². The van der Waals surface area contributed by atoms with Gasteiger partial charge >= 0.3 is 0 Å². The normalized spacial score (nSPS) is 11.4. The van der Waals surface area contributed by atoms with Crippen molar-refractivity contribution in [3.63, 3.8) is 0 Å². The van der Waals surface area contributed by atoms with Gasteiger partial charge in [0.15, 0.2) is 0 Å². The van der Waals surface area contributed by atoms with Gasteiger partial charge in [-0.05, 0) is 13.3 Å². The molecular formula is C9H20N2O3S. The first-order valence-electron chi connectivity index (χ1n) is 5.14. The molecule has 0 spiro atoms. The molecule has 90 valence electrons. The van der Waals surface area contributed by atoms with Crippen molar-refractivity contribution in [2.45, 2.75) is 26.7 Å². The predicted molar refractivity (Wildman–Crippen MR) is 60.0 cm³/mol. The standard InChI is InChI=1S/C9H20N2O3S/c1-4-6-7-11(3)9(12)8-10-15(13,14)5-2/h10H,4-8H2,1-3H3. The van der Waals surface area contributed by atoms with Crippen molar-refractivity contribution in [1.82, 2.24) is 9.62 Å². The molecule has 0 saturated carbocycles. The van der Waals surface area contributed by atoms with E-state index < -0.39 is 10.0 Å². The van der Waals surface area contributed by atoms with Crippen molar-refractivity contribution in [1.29, 1.82) is 0 Å². The number of likely N-dealkylation sites (N-methyl/N-ethyl adjacent to an activating group) is 1. The summed E-state index contributed by atoms with van der Waals surface area (Å²) in [6.45, 7) is 4.10. The average Bonchev–Trinajstić information content (AvgIpc) is 2.22. The topological polar surface area (TPSA) is 66.5 Å². The number of nitrogens with one attached hydrogen (secondary N) is 1. The van der Waals surface area contributed by atoms with Crippen molar-refractivity contribution in [2.24, 2.45) is 0 Å². The van der Waals surface area contributed by atoms with E-state index in [0.29, 0.717) is 6.54 Å². The van der Waals surface area contributed by atoms with E-state index in [1.807, 2.05) is 6.92 Å². The van der Waals surface area contributed by atoms with E-state index in [0.717, 1.165) is 12.8 Å². The quantitative estimate of drug-likeness (QED) is 0.686. The Hall–Kier alpha value is -0.620. The van der Waals surface area contributed by atoms with Gasteiger partial charge in [-0.1, -0.05) is 13.3 Å². The third-order valence-corrected chi connectivity index (χ3v) is 3.44. The van der Waals surface area contributed by atoms with Gasteiger partial charge in [0.2, 0.25) is 15.9 Å². The highest BCUT2D eigenvalue weighted by Crippen LogP contribution is 1.92. The molecule has 0 aromatic carbocycles. The second-order valence-corrected chi connectivity index (χ2v) is 5.49. The van der Waals surface area contributed by atoms with Gasteiger partial charge in [0.25, 0.3) is 0 Å². The molecule has 0 fully saturated rings. The first kappa shape index (κ1) is 14.4. The summed E-state index contributed by atoms with van der Waals surface area (Å²) in [6.07, 6.45) is 1.95. The lowest BCUT2D eigenvalue weighted by molar-refractivity contribution is -0.128. The zero-order valence-corrected chi connectivity index (χ0v) is 10.4. The summed E-state index contributed by atoms with van der Waals surface area (Å²) in [6, 6.07) is 0. The maximum Gasteiger partial charge on any atom is 0.237 e. The zero-order valence-electron chi connectivity index (χ0n) is 9.62. The van der Waals surface area contributed by atoms with Crippen LogP contribution in [0.5, 0.6) is 0 Å². The lowest BCUT2D eigenvalue weighted by Crippen LogP contribution is -2.39. The minimum atomic E-state index is -3.27. The molecule has 0 atom stereocenters. The minimum absolute atomic E-state index is 0.00104. The second kappa shape index (κ2) is 6.79. The molecule has 0 bridgehead atoms. The molecule has 0 heterocycles. The molecule has 0 unspecified atom stereocenters. The molecule has 0 aliphatic carbocycles. The second-order valence-electron chi connectivity index (χ2n) is 3.39. The summed E-state index contributed by atoms with van der Waals surface area (Å²) in [4.78, 5) is 13.0. The summed E-state index contributed by atoms with van der Waals surface area (Å²) >= 11 is 0. The molecule has 6 heteroatoms. The van der Waals surface area contributed by atoms with Gasteiger partial charge in [-0.15, -0.1) is 0 Å². The molecule has 0 rings (SSSR count). The Morgan fingerprint density at radius 3 is 2.40 bits per heavy atom. The first-order chi connectivity index (χ1) is 6.93. The number of rotatable bonds is 7. The molecular weight excluding hydrogens is 216 g/mol. The number of hydrogen-bond acceptors (Lipinski definition) is 3. The largest absolute Gasteiger partial charge is 0.345 e. The molecule has 0 aliphatic heterocycles. The Labute approximate surface area is 91.9 Å². The minimum Gasteiger partial charge on any atom is -0.345 e. The van der Waals surface area contributed by atoms with Gasteiger partial charge in [-0.25, -0.2) is 13.1 Å². The van der Waals surface area contributed by atoms with Crippen molar-refractivity contribution in [2.75, 3.05) is 25.9 Å². The fourth-order valence-corrected chi connectivity index (χ4v) is 1.48. The summed E-state index contributed by atoms with van der Waals surface area (Å²) in [5.41, 5.74) is 0. The SMILES string of the molecule is CCCCN(C)C(=O)CNS(=O)(=O)CC. The molecule has 0 aliphatic rings. The van der Waals surface area contributed by atoms with E-state index in [2.05, 4.69) is 4.72 Å². The van der Waals surface area contributed by atoms with Crippen LogP contribution in [-0.4, -0.2) is 45.1 Å². The zero-order chi connectivity index (χ0) is 11.9. The number of carbonyl (C=O) groups is 1. The lowest BCUT2D eigenvalue weighted by atomic mass is 10.3. The van der Waals surface area contributed by atoms with E-state index in [1.54, 1.807) is 11.9 Å². The Kier molecular flexibility index (Phi) is 6.51. The Bertz CT molecular complexity index is 288. The number of sulfonamides is 1. The Morgan fingerprint density at radius 2 is 1.93 bits per heavy atom. The summed E-state index contributed by atoms with van der Waals surface area (Å²) in [5, 5.41) is 0. The highest BCUT2D eigenvalue weighted by Gasteiger charge is 2.12. The van der Waals surface area contributed by atoms with Gasteiger partial charge in [0, 0.05) is 13.6 Å². The molecule has 0 aromatic rings. The van der Waals surface area contributed by atoms with Crippen molar-refractivity contribution >= 4 is 15.9 Å². The summed E-state index contributed by atoms with van der Waals surface area (Å²) < 4.78 is 24.4. The van der Waals surface area contributed by atoms with Crippen LogP contribution in [0.2, 0.25) is 0 Å². The molecule has 1 N–H and O–H groups in total. The fourth-order valence-electron chi connectivity index (χ4n) is 0.929. The van der Waals surface area contributed by atoms with Crippen LogP contribution in [0.3, 0.4) is 0 Å². The van der Waals surface area contributed by atoms with E-state index in [-0.39, 0.29) is 18.2 Å². The van der Waals surface area contributed by atoms with Crippen LogP contribution in [0.4, 0.5) is 0 Å². The predicted octanol–water partition coefficient (Wildman–Crippen LogP) is 0.184. The summed E-state index contributed by atoms with van der Waals surface area (Å²) in [5.74, 6) is -0.195. The molecule has 0 radical (unpaired) electrons. The molecule has 15 heavy (non-hydrogen) atoms. The average molecular weight is 236 g/mol. The fraction of sp³-hybridized carbons (Fsp3) is 0.889. The van der Waals surface area contributed by atoms with E-state index in [1.165, 1.54) is 6.92 Å². The third-order valence-electron chi connectivity index (χ3n) is 2.10. The molecule has 0 saturated heterocycles. The van der Waals surface area contributed by atoms with Crippen LogP contribution in [0.25, 0.3) is 0 Å². The van der Waals surface area contributed by atoms with Gasteiger partial charge in [0.1, 0.15) is 0 Å². The van der Waals surface area contributed by atoms with Gasteiger partial charge in [0.05, 0.1) is 12.3 Å². The van der Waals surface area contributed by atoms with Crippen LogP contribution >= 0.6 is 0 Å². The van der Waals surface area contributed by atoms with Crippen LogP contribution in [0, 0.1) is 0 Å². The molecule has 5 nitrogen and oxygen atoms in total. The maximum absolute atomic E-state index is 11.4. The molecule has 1 amide bonds. The monoisotopic (exact) mass is 236 g/mol. The maximum atomic E-state index is 11.4. The Balaban J connectivity index is 3.93. The van der Waals surface area contributed by atoms with E-state index in [4.69, 9.17) is 0 Å². The highest BCUT2D eigenvalue weighted by molar-refractivity contribution is 7.89. The van der Waals surface area contributed by atoms with Crippen LogP contribution in [0.1, 0.15) is 26.7 Å².